The Labute approximate surface area is 125 Å². The monoisotopic (exact) mass is 315 g/mol. The summed E-state index contributed by atoms with van der Waals surface area (Å²) in [6.45, 7) is 6.25. The summed E-state index contributed by atoms with van der Waals surface area (Å²) in [6.07, 6.45) is 0. The quantitative estimate of drug-likeness (QED) is 0.839. The molecule has 0 amide bonds. The van der Waals surface area contributed by atoms with Crippen molar-refractivity contribution in [2.24, 2.45) is 0 Å². The first kappa shape index (κ1) is 16.2. The van der Waals surface area contributed by atoms with Crippen molar-refractivity contribution in [2.75, 3.05) is 25.9 Å². The number of hydrogen-bond acceptors (Lipinski definition) is 4. The maximum absolute atomic E-state index is 14.1. The SMILES string of the molecule is Cc1cc(F)c(S(=O)(=O)N2CC(C)N(C)C(C)C2)cc1N. The molecule has 1 aromatic rings. The van der Waals surface area contributed by atoms with E-state index < -0.39 is 15.8 Å². The highest BCUT2D eigenvalue weighted by Gasteiger charge is 2.35. The molecule has 7 heteroatoms. The lowest BCUT2D eigenvalue weighted by Gasteiger charge is -2.41. The normalized spacial score (nSPS) is 25.2. The zero-order valence-electron chi connectivity index (χ0n) is 12.8. The molecule has 1 aliphatic rings. The molecule has 0 spiro atoms. The van der Waals surface area contributed by atoms with Crippen LogP contribution in [0.1, 0.15) is 19.4 Å². The Morgan fingerprint density at radius 2 is 1.76 bits per heavy atom. The summed E-state index contributed by atoms with van der Waals surface area (Å²) in [6, 6.07) is 2.54. The molecule has 2 atom stereocenters. The van der Waals surface area contributed by atoms with Crippen molar-refractivity contribution in [1.29, 1.82) is 0 Å². The Bertz CT molecular complexity index is 636. The van der Waals surface area contributed by atoms with Crippen molar-refractivity contribution in [3.05, 3.63) is 23.5 Å². The van der Waals surface area contributed by atoms with E-state index >= 15 is 0 Å². The maximum Gasteiger partial charge on any atom is 0.246 e. The number of rotatable bonds is 2. The highest BCUT2D eigenvalue weighted by molar-refractivity contribution is 7.89. The minimum absolute atomic E-state index is 0.0781. The smallest absolute Gasteiger partial charge is 0.246 e. The van der Waals surface area contributed by atoms with E-state index in [1.807, 2.05) is 20.9 Å². The van der Waals surface area contributed by atoms with Crippen molar-refractivity contribution >= 4 is 15.7 Å². The summed E-state index contributed by atoms with van der Waals surface area (Å²) in [5.74, 6) is -0.749. The molecule has 1 saturated heterocycles. The summed E-state index contributed by atoms with van der Waals surface area (Å²) in [5.41, 5.74) is 6.55. The first-order valence-electron chi connectivity index (χ1n) is 6.92. The van der Waals surface area contributed by atoms with Crippen LogP contribution < -0.4 is 5.73 Å². The van der Waals surface area contributed by atoms with Crippen LogP contribution in [0.15, 0.2) is 17.0 Å². The minimum Gasteiger partial charge on any atom is -0.398 e. The lowest BCUT2D eigenvalue weighted by molar-refractivity contribution is 0.105. The fourth-order valence-corrected chi connectivity index (χ4v) is 4.24. The summed E-state index contributed by atoms with van der Waals surface area (Å²) in [4.78, 5) is 1.78. The van der Waals surface area contributed by atoms with Crippen LogP contribution in [0.2, 0.25) is 0 Å². The number of nitrogen functional groups attached to an aromatic ring is 1. The number of nitrogens with two attached hydrogens (primary N) is 1. The van der Waals surface area contributed by atoms with Gasteiger partial charge in [0, 0.05) is 30.9 Å². The zero-order chi connectivity index (χ0) is 15.9. The van der Waals surface area contributed by atoms with Gasteiger partial charge in [-0.05, 0) is 45.5 Å². The largest absolute Gasteiger partial charge is 0.398 e. The van der Waals surface area contributed by atoms with Gasteiger partial charge in [-0.3, -0.25) is 4.90 Å². The van der Waals surface area contributed by atoms with Gasteiger partial charge >= 0.3 is 0 Å². The third-order valence-electron chi connectivity index (χ3n) is 4.26. The van der Waals surface area contributed by atoms with Crippen LogP contribution in [-0.4, -0.2) is 49.8 Å². The number of piperazine rings is 1. The number of halogens is 1. The third-order valence-corrected chi connectivity index (χ3v) is 6.11. The molecule has 5 nitrogen and oxygen atoms in total. The lowest BCUT2D eigenvalue weighted by atomic mass is 10.1. The average molecular weight is 315 g/mol. The van der Waals surface area contributed by atoms with Gasteiger partial charge in [0.15, 0.2) is 0 Å². The molecule has 0 bridgehead atoms. The maximum atomic E-state index is 14.1. The van der Waals surface area contributed by atoms with Gasteiger partial charge in [-0.2, -0.15) is 4.31 Å². The van der Waals surface area contributed by atoms with E-state index in [2.05, 4.69) is 4.90 Å². The second-order valence-corrected chi connectivity index (χ2v) is 7.73. The first-order valence-corrected chi connectivity index (χ1v) is 8.36. The van der Waals surface area contributed by atoms with E-state index in [1.54, 1.807) is 6.92 Å². The van der Waals surface area contributed by atoms with Crippen LogP contribution in [0.3, 0.4) is 0 Å². The molecule has 2 rings (SSSR count). The fourth-order valence-electron chi connectivity index (χ4n) is 2.56. The fraction of sp³-hybridized carbons (Fsp3) is 0.571. The molecule has 21 heavy (non-hydrogen) atoms. The van der Waals surface area contributed by atoms with Gasteiger partial charge in [0.25, 0.3) is 0 Å². The zero-order valence-corrected chi connectivity index (χ0v) is 13.6. The molecule has 2 N–H and O–H groups in total. The Kier molecular flexibility index (Phi) is 4.28. The van der Waals surface area contributed by atoms with Gasteiger partial charge in [-0.15, -0.1) is 0 Å². The second-order valence-electron chi connectivity index (χ2n) is 5.82. The van der Waals surface area contributed by atoms with Crippen molar-refractivity contribution in [3.8, 4) is 0 Å². The Morgan fingerprint density at radius 1 is 1.24 bits per heavy atom. The molecule has 0 aromatic heterocycles. The van der Waals surface area contributed by atoms with E-state index in [1.165, 1.54) is 16.4 Å². The Hall–Kier alpha value is -1.18. The molecule has 118 valence electrons. The van der Waals surface area contributed by atoms with E-state index in [9.17, 15) is 12.8 Å². The summed E-state index contributed by atoms with van der Waals surface area (Å²) >= 11 is 0. The topological polar surface area (TPSA) is 66.6 Å². The predicted molar refractivity (Wildman–Crippen MR) is 81.0 cm³/mol. The van der Waals surface area contributed by atoms with E-state index in [4.69, 9.17) is 5.73 Å². The summed E-state index contributed by atoms with van der Waals surface area (Å²) in [5, 5.41) is 0. The van der Waals surface area contributed by atoms with E-state index in [-0.39, 0.29) is 22.7 Å². The van der Waals surface area contributed by atoms with Crippen LogP contribution >= 0.6 is 0 Å². The number of nitrogens with zero attached hydrogens (tertiary/aromatic N) is 2. The molecule has 0 radical (unpaired) electrons. The Morgan fingerprint density at radius 3 is 2.29 bits per heavy atom. The molecule has 0 aliphatic carbocycles. The first-order chi connectivity index (χ1) is 9.64. The van der Waals surface area contributed by atoms with Crippen LogP contribution in [0.25, 0.3) is 0 Å². The molecule has 1 heterocycles. The number of anilines is 1. The minimum atomic E-state index is -3.87. The number of benzene rings is 1. The third kappa shape index (κ3) is 2.90. The van der Waals surface area contributed by atoms with E-state index in [0.717, 1.165) is 0 Å². The highest BCUT2D eigenvalue weighted by Crippen LogP contribution is 2.27. The molecule has 2 unspecified atom stereocenters. The standard InChI is InChI=1S/C14H22FN3O2S/c1-9-5-12(15)14(6-13(9)16)21(19,20)18-7-10(2)17(4)11(3)8-18/h5-6,10-11H,7-8,16H2,1-4H3. The van der Waals surface area contributed by atoms with E-state index in [0.29, 0.717) is 18.7 Å². The van der Waals surface area contributed by atoms with Gasteiger partial charge in [0.05, 0.1) is 0 Å². The van der Waals surface area contributed by atoms with Crippen molar-refractivity contribution in [3.63, 3.8) is 0 Å². The molecule has 1 aliphatic heterocycles. The van der Waals surface area contributed by atoms with Crippen LogP contribution in [0, 0.1) is 12.7 Å². The summed E-state index contributed by atoms with van der Waals surface area (Å²) < 4.78 is 40.8. The number of aryl methyl sites for hydroxylation is 1. The Balaban J connectivity index is 2.41. The molecular formula is C14H22FN3O2S. The van der Waals surface area contributed by atoms with Gasteiger partial charge < -0.3 is 5.73 Å². The number of sulfonamides is 1. The van der Waals surface area contributed by atoms with Crippen molar-refractivity contribution in [2.45, 2.75) is 37.8 Å². The number of hydrogen-bond donors (Lipinski definition) is 1. The molecule has 1 aromatic carbocycles. The van der Waals surface area contributed by atoms with Crippen LogP contribution in [0.5, 0.6) is 0 Å². The van der Waals surface area contributed by atoms with Crippen molar-refractivity contribution in [1.82, 2.24) is 9.21 Å². The predicted octanol–water partition coefficient (Wildman–Crippen LogP) is 1.43. The van der Waals surface area contributed by atoms with Gasteiger partial charge in [-0.25, -0.2) is 12.8 Å². The molecule has 1 fully saturated rings. The second kappa shape index (κ2) is 5.55. The van der Waals surface area contributed by atoms with Gasteiger partial charge in [0.1, 0.15) is 10.7 Å². The van der Waals surface area contributed by atoms with Gasteiger partial charge in [-0.1, -0.05) is 0 Å². The number of likely N-dealkylation sites (N-methyl/N-ethyl adjacent to an activating group) is 1. The summed E-state index contributed by atoms with van der Waals surface area (Å²) in [7, 11) is -1.91. The van der Waals surface area contributed by atoms with Crippen LogP contribution in [-0.2, 0) is 10.0 Å². The molecular weight excluding hydrogens is 293 g/mol. The van der Waals surface area contributed by atoms with Crippen molar-refractivity contribution < 1.29 is 12.8 Å². The lowest BCUT2D eigenvalue weighted by Crippen LogP contribution is -2.56. The van der Waals surface area contributed by atoms with Crippen LogP contribution in [0.4, 0.5) is 10.1 Å². The highest BCUT2D eigenvalue weighted by atomic mass is 32.2. The van der Waals surface area contributed by atoms with Gasteiger partial charge in [0.2, 0.25) is 10.0 Å². The molecule has 0 saturated carbocycles. The average Bonchev–Trinajstić information content (AvgIpc) is 2.39.